The second-order valence-corrected chi connectivity index (χ2v) is 5.67. The van der Waals surface area contributed by atoms with E-state index in [0.29, 0.717) is 43.8 Å². The number of ether oxygens (including phenoxy) is 1. The van der Waals surface area contributed by atoms with Crippen LogP contribution in [-0.4, -0.2) is 54.1 Å². The average molecular weight is 334 g/mol. The quantitative estimate of drug-likeness (QED) is 0.824. The van der Waals surface area contributed by atoms with E-state index in [1.165, 1.54) is 0 Å². The highest BCUT2D eigenvalue weighted by atomic mass is 16.5. The molecule has 1 fully saturated rings. The van der Waals surface area contributed by atoms with Crippen molar-refractivity contribution in [3.8, 4) is 0 Å². The predicted octanol–water partition coefficient (Wildman–Crippen LogP) is 1.60. The van der Waals surface area contributed by atoms with Gasteiger partial charge < -0.3 is 20.1 Å². The fraction of sp³-hybridized carbons (Fsp3) is 0.471. The van der Waals surface area contributed by atoms with Crippen LogP contribution in [-0.2, 0) is 14.3 Å². The summed E-state index contributed by atoms with van der Waals surface area (Å²) in [5, 5.41) is 11.7. The van der Waals surface area contributed by atoms with Gasteiger partial charge >= 0.3 is 5.97 Å². The van der Waals surface area contributed by atoms with Crippen molar-refractivity contribution in [1.82, 2.24) is 4.90 Å². The van der Waals surface area contributed by atoms with E-state index in [1.807, 2.05) is 6.92 Å². The van der Waals surface area contributed by atoms with E-state index in [9.17, 15) is 14.4 Å². The third-order valence-corrected chi connectivity index (χ3v) is 3.98. The number of anilines is 1. The number of carbonyl (C=O) groups excluding carboxylic acids is 2. The molecule has 1 saturated heterocycles. The first kappa shape index (κ1) is 17.9. The molecule has 0 radical (unpaired) electrons. The average Bonchev–Trinajstić information content (AvgIpc) is 2.60. The van der Waals surface area contributed by atoms with E-state index in [1.54, 1.807) is 29.2 Å². The Hall–Kier alpha value is -2.41. The molecule has 0 spiro atoms. The van der Waals surface area contributed by atoms with Crippen LogP contribution in [0.2, 0.25) is 0 Å². The molecular weight excluding hydrogens is 312 g/mol. The summed E-state index contributed by atoms with van der Waals surface area (Å²) in [6, 6.07) is 6.64. The summed E-state index contributed by atoms with van der Waals surface area (Å²) in [6.07, 6.45) is 0.958. The Kier molecular flexibility index (Phi) is 6.31. The molecule has 1 aromatic carbocycles. The van der Waals surface area contributed by atoms with Gasteiger partial charge in [-0.05, 0) is 44.0 Å². The van der Waals surface area contributed by atoms with Crippen LogP contribution in [0.25, 0.3) is 0 Å². The Morgan fingerprint density at radius 1 is 1.21 bits per heavy atom. The minimum absolute atomic E-state index is 0.00426. The summed E-state index contributed by atoms with van der Waals surface area (Å²) in [5.74, 6) is -1.52. The molecule has 0 unspecified atom stereocenters. The van der Waals surface area contributed by atoms with Crippen molar-refractivity contribution in [2.75, 3.05) is 31.6 Å². The Bertz CT molecular complexity index is 592. The zero-order valence-electron chi connectivity index (χ0n) is 13.7. The van der Waals surface area contributed by atoms with Crippen LogP contribution in [0.4, 0.5) is 5.69 Å². The number of hydrogen-bond acceptors (Lipinski definition) is 4. The summed E-state index contributed by atoms with van der Waals surface area (Å²) < 4.78 is 5.02. The fourth-order valence-corrected chi connectivity index (χ4v) is 2.60. The van der Waals surface area contributed by atoms with Crippen molar-refractivity contribution in [3.05, 3.63) is 29.8 Å². The predicted molar refractivity (Wildman–Crippen MR) is 87.8 cm³/mol. The molecule has 0 aliphatic carbocycles. The highest BCUT2D eigenvalue weighted by molar-refractivity contribution is 5.96. The molecule has 0 bridgehead atoms. The smallest absolute Gasteiger partial charge is 0.306 e. The van der Waals surface area contributed by atoms with E-state index >= 15 is 0 Å². The Labute approximate surface area is 140 Å². The molecule has 7 nitrogen and oxygen atoms in total. The first-order valence-electron chi connectivity index (χ1n) is 8.01. The van der Waals surface area contributed by atoms with Crippen molar-refractivity contribution >= 4 is 23.5 Å². The summed E-state index contributed by atoms with van der Waals surface area (Å²) in [7, 11) is 0. The van der Waals surface area contributed by atoms with Gasteiger partial charge in [-0.1, -0.05) is 0 Å². The zero-order valence-corrected chi connectivity index (χ0v) is 13.7. The number of rotatable bonds is 6. The minimum Gasteiger partial charge on any atom is -0.481 e. The van der Waals surface area contributed by atoms with E-state index in [0.717, 1.165) is 0 Å². The number of hydrogen-bond donors (Lipinski definition) is 2. The maximum Gasteiger partial charge on any atom is 0.306 e. The van der Waals surface area contributed by atoms with Crippen LogP contribution in [0.3, 0.4) is 0 Å². The van der Waals surface area contributed by atoms with E-state index in [2.05, 4.69) is 5.32 Å². The maximum atomic E-state index is 12.4. The second-order valence-electron chi connectivity index (χ2n) is 5.67. The minimum atomic E-state index is -0.797. The van der Waals surface area contributed by atoms with Crippen molar-refractivity contribution in [1.29, 1.82) is 0 Å². The van der Waals surface area contributed by atoms with Crippen LogP contribution >= 0.6 is 0 Å². The van der Waals surface area contributed by atoms with E-state index < -0.39 is 5.97 Å². The lowest BCUT2D eigenvalue weighted by atomic mass is 9.96. The van der Waals surface area contributed by atoms with Gasteiger partial charge in [0.15, 0.2) is 0 Å². The van der Waals surface area contributed by atoms with Gasteiger partial charge in [0, 0.05) is 30.9 Å². The lowest BCUT2D eigenvalue weighted by Crippen LogP contribution is -2.40. The second kappa shape index (κ2) is 8.44. The number of likely N-dealkylation sites (tertiary alicyclic amines) is 1. The first-order valence-corrected chi connectivity index (χ1v) is 8.01. The molecule has 0 saturated carbocycles. The molecule has 1 aliphatic heterocycles. The lowest BCUT2D eigenvalue weighted by Gasteiger charge is -2.30. The van der Waals surface area contributed by atoms with Gasteiger partial charge in [0.2, 0.25) is 5.91 Å². The molecular formula is C17H22N2O5. The van der Waals surface area contributed by atoms with Crippen molar-refractivity contribution < 1.29 is 24.2 Å². The Morgan fingerprint density at radius 2 is 1.83 bits per heavy atom. The van der Waals surface area contributed by atoms with E-state index in [4.69, 9.17) is 9.84 Å². The van der Waals surface area contributed by atoms with Gasteiger partial charge in [-0.25, -0.2) is 0 Å². The molecule has 1 aliphatic rings. The van der Waals surface area contributed by atoms with Gasteiger partial charge in [-0.3, -0.25) is 14.4 Å². The number of carboxylic acid groups (broad SMARTS) is 1. The van der Waals surface area contributed by atoms with Gasteiger partial charge in [-0.15, -0.1) is 0 Å². The van der Waals surface area contributed by atoms with Crippen molar-refractivity contribution in [3.63, 3.8) is 0 Å². The highest BCUT2D eigenvalue weighted by Gasteiger charge is 2.27. The number of nitrogens with zero attached hydrogens (tertiary/aromatic N) is 1. The number of carbonyl (C=O) groups is 3. The van der Waals surface area contributed by atoms with Crippen LogP contribution in [0.15, 0.2) is 24.3 Å². The number of benzene rings is 1. The number of carboxylic acids is 1. The monoisotopic (exact) mass is 334 g/mol. The number of amides is 2. The van der Waals surface area contributed by atoms with Gasteiger partial charge in [-0.2, -0.15) is 0 Å². The summed E-state index contributed by atoms with van der Waals surface area (Å²) in [4.78, 5) is 36.6. The van der Waals surface area contributed by atoms with Crippen LogP contribution in [0.1, 0.15) is 30.1 Å². The molecule has 2 rings (SSSR count). The lowest BCUT2D eigenvalue weighted by molar-refractivity contribution is -0.143. The summed E-state index contributed by atoms with van der Waals surface area (Å²) in [5.41, 5.74) is 1.12. The SMILES string of the molecule is CCOCC(=O)Nc1ccc(C(=O)N2CCC(C(=O)O)CC2)cc1. The largest absolute Gasteiger partial charge is 0.481 e. The molecule has 2 N–H and O–H groups in total. The number of nitrogens with one attached hydrogen (secondary N) is 1. The van der Waals surface area contributed by atoms with Gasteiger partial charge in [0.25, 0.3) is 5.91 Å². The third kappa shape index (κ3) is 4.79. The topological polar surface area (TPSA) is 95.9 Å². The first-order chi connectivity index (χ1) is 11.5. The van der Waals surface area contributed by atoms with E-state index in [-0.39, 0.29) is 24.3 Å². The normalized spacial score (nSPS) is 15.1. The molecule has 0 atom stereocenters. The third-order valence-electron chi connectivity index (χ3n) is 3.98. The fourth-order valence-electron chi connectivity index (χ4n) is 2.60. The van der Waals surface area contributed by atoms with Crippen molar-refractivity contribution in [2.24, 2.45) is 5.92 Å². The number of aliphatic carboxylic acids is 1. The summed E-state index contributed by atoms with van der Waals surface area (Å²) in [6.45, 7) is 3.17. The molecule has 1 heterocycles. The standard InChI is InChI=1S/C17H22N2O5/c1-2-24-11-15(20)18-14-5-3-12(4-6-14)16(21)19-9-7-13(8-10-19)17(22)23/h3-6,13H,2,7-11H2,1H3,(H,18,20)(H,22,23). The molecule has 1 aromatic rings. The molecule has 7 heteroatoms. The number of piperidine rings is 1. The van der Waals surface area contributed by atoms with Crippen LogP contribution in [0.5, 0.6) is 0 Å². The molecule has 130 valence electrons. The highest BCUT2D eigenvalue weighted by Crippen LogP contribution is 2.20. The van der Waals surface area contributed by atoms with Gasteiger partial charge in [0.1, 0.15) is 6.61 Å². The Balaban J connectivity index is 1.89. The molecule has 2 amide bonds. The van der Waals surface area contributed by atoms with Crippen LogP contribution in [0, 0.1) is 5.92 Å². The zero-order chi connectivity index (χ0) is 17.5. The Morgan fingerprint density at radius 3 is 2.38 bits per heavy atom. The maximum absolute atomic E-state index is 12.4. The summed E-state index contributed by atoms with van der Waals surface area (Å²) >= 11 is 0. The molecule has 24 heavy (non-hydrogen) atoms. The van der Waals surface area contributed by atoms with Crippen LogP contribution < -0.4 is 5.32 Å². The molecule has 0 aromatic heterocycles. The van der Waals surface area contributed by atoms with Crippen molar-refractivity contribution in [2.45, 2.75) is 19.8 Å². The van der Waals surface area contributed by atoms with Gasteiger partial charge in [0.05, 0.1) is 5.92 Å².